The van der Waals surface area contributed by atoms with E-state index in [9.17, 15) is 4.79 Å². The topological polar surface area (TPSA) is 26.9 Å². The van der Waals surface area contributed by atoms with Crippen molar-refractivity contribution in [2.24, 2.45) is 14.1 Å². The molecule has 0 aliphatic heterocycles. The largest absolute Gasteiger partial charge is 0.328 e. The molecule has 0 N–H and O–H groups in total. The van der Waals surface area contributed by atoms with Crippen LogP contribution in [0, 0.1) is 11.6 Å². The van der Waals surface area contributed by atoms with Crippen molar-refractivity contribution >= 4 is 12.2 Å². The van der Waals surface area contributed by atoms with Crippen LogP contribution in [0.15, 0.2) is 11.0 Å². The first-order valence-electron chi connectivity index (χ1n) is 3.27. The highest BCUT2D eigenvalue weighted by Gasteiger charge is 1.97. The van der Waals surface area contributed by atoms with Gasteiger partial charge in [0.2, 0.25) is 0 Å². The fraction of sp³-hybridized carbons (Fsp3) is 0.429. The molecule has 4 heteroatoms. The summed E-state index contributed by atoms with van der Waals surface area (Å²) in [6.07, 6.45) is 1.74. The summed E-state index contributed by atoms with van der Waals surface area (Å²) in [7, 11) is 3.39. The predicted octanol–water partition coefficient (Wildman–Crippen LogP) is 0.762. The molecule has 11 heavy (non-hydrogen) atoms. The van der Waals surface area contributed by atoms with Crippen LogP contribution in [0.4, 0.5) is 0 Å². The Kier molecular flexibility index (Phi) is 1.95. The summed E-state index contributed by atoms with van der Waals surface area (Å²) in [5.41, 5.74) is 0.866. The zero-order chi connectivity index (χ0) is 8.59. The van der Waals surface area contributed by atoms with Crippen LogP contribution in [0.5, 0.6) is 0 Å². The second kappa shape index (κ2) is 2.62. The Balaban J connectivity index is 3.74. The number of rotatable bonds is 0. The molecule has 0 aliphatic carbocycles. The normalized spacial score (nSPS) is 10.1. The monoisotopic (exact) mass is 170 g/mol. The zero-order valence-corrected chi connectivity index (χ0v) is 7.60. The van der Waals surface area contributed by atoms with Crippen molar-refractivity contribution in [1.29, 1.82) is 0 Å². The Bertz CT molecular complexity index is 354. The highest BCUT2D eigenvalue weighted by molar-refractivity contribution is 7.71. The van der Waals surface area contributed by atoms with Crippen molar-refractivity contribution < 1.29 is 0 Å². The second-order valence-electron chi connectivity index (χ2n) is 2.57. The lowest BCUT2D eigenvalue weighted by atomic mass is 10.4. The third-order valence-corrected chi connectivity index (χ3v) is 2.21. The fourth-order valence-corrected chi connectivity index (χ4v) is 1.12. The van der Waals surface area contributed by atoms with Crippen molar-refractivity contribution in [1.82, 2.24) is 9.13 Å². The molecule has 0 spiro atoms. The molecule has 60 valence electrons. The molecule has 0 radical (unpaired) electrons. The van der Waals surface area contributed by atoms with Gasteiger partial charge in [-0.2, -0.15) is 0 Å². The summed E-state index contributed by atoms with van der Waals surface area (Å²) in [6.45, 7) is 1.89. The number of hydrogen-bond donors (Lipinski definition) is 0. The first kappa shape index (κ1) is 8.20. The maximum atomic E-state index is 11.2. The lowest BCUT2D eigenvalue weighted by Crippen LogP contribution is -2.27. The van der Waals surface area contributed by atoms with Gasteiger partial charge >= 0.3 is 5.69 Å². The van der Waals surface area contributed by atoms with Crippen molar-refractivity contribution in [2.75, 3.05) is 0 Å². The van der Waals surface area contributed by atoms with Crippen molar-refractivity contribution in [3.63, 3.8) is 0 Å². The van der Waals surface area contributed by atoms with Crippen LogP contribution < -0.4 is 5.69 Å². The molecule has 3 nitrogen and oxygen atoms in total. The van der Waals surface area contributed by atoms with E-state index in [2.05, 4.69) is 0 Å². The molecule has 0 unspecified atom stereocenters. The maximum absolute atomic E-state index is 11.2. The molecular weight excluding hydrogens is 160 g/mol. The average molecular weight is 170 g/mol. The van der Waals surface area contributed by atoms with Gasteiger partial charge in [-0.3, -0.25) is 4.57 Å². The highest BCUT2D eigenvalue weighted by Crippen LogP contribution is 1.94. The Morgan fingerprint density at radius 3 is 2.55 bits per heavy atom. The van der Waals surface area contributed by atoms with Gasteiger partial charge < -0.3 is 4.57 Å². The van der Waals surface area contributed by atoms with Crippen LogP contribution in [-0.2, 0) is 14.1 Å². The molecule has 1 aromatic rings. The fourth-order valence-electron chi connectivity index (χ4n) is 0.989. The van der Waals surface area contributed by atoms with E-state index >= 15 is 0 Å². The average Bonchev–Trinajstić information content (AvgIpc) is 1.97. The van der Waals surface area contributed by atoms with Crippen molar-refractivity contribution in [3.05, 3.63) is 26.9 Å². The van der Waals surface area contributed by atoms with E-state index in [1.165, 1.54) is 9.13 Å². The standard InChI is InChI=1S/C7H10N2OS/c1-5-4-8(2)7(10)9(3)6(5)11/h4H,1-3H3. The highest BCUT2D eigenvalue weighted by atomic mass is 32.1. The van der Waals surface area contributed by atoms with Gasteiger partial charge in [-0.25, -0.2) is 4.79 Å². The molecule has 1 heterocycles. The van der Waals surface area contributed by atoms with E-state index in [0.29, 0.717) is 4.64 Å². The van der Waals surface area contributed by atoms with Gasteiger partial charge in [0.05, 0.1) is 0 Å². The first-order valence-corrected chi connectivity index (χ1v) is 3.68. The van der Waals surface area contributed by atoms with Gasteiger partial charge in [0.15, 0.2) is 0 Å². The van der Waals surface area contributed by atoms with Crippen molar-refractivity contribution in [3.8, 4) is 0 Å². The minimum absolute atomic E-state index is 0.0828. The molecule has 0 aromatic carbocycles. The number of aryl methyl sites for hydroxylation is 2. The molecule has 0 aliphatic rings. The van der Waals surface area contributed by atoms with Crippen LogP contribution in [0.25, 0.3) is 0 Å². The van der Waals surface area contributed by atoms with E-state index in [1.54, 1.807) is 20.3 Å². The van der Waals surface area contributed by atoms with Crippen LogP contribution in [0.3, 0.4) is 0 Å². The molecule has 0 amide bonds. The first-order chi connectivity index (χ1) is 5.04. The predicted molar refractivity (Wildman–Crippen MR) is 46.2 cm³/mol. The summed E-state index contributed by atoms with van der Waals surface area (Å²) in [4.78, 5) is 11.2. The lowest BCUT2D eigenvalue weighted by Gasteiger charge is -2.03. The van der Waals surface area contributed by atoms with Gasteiger partial charge in [-0.15, -0.1) is 0 Å². The molecular formula is C7H10N2OS. The van der Waals surface area contributed by atoms with Gasteiger partial charge in [-0.05, 0) is 6.92 Å². The van der Waals surface area contributed by atoms with Crippen LogP contribution in [0.2, 0.25) is 0 Å². The third kappa shape index (κ3) is 1.26. The smallest absolute Gasteiger partial charge is 0.303 e. The summed E-state index contributed by atoms with van der Waals surface area (Å²) in [6, 6.07) is 0. The number of aromatic nitrogens is 2. The summed E-state index contributed by atoms with van der Waals surface area (Å²) < 4.78 is 3.59. The minimum atomic E-state index is -0.0828. The molecule has 1 rings (SSSR count). The lowest BCUT2D eigenvalue weighted by molar-refractivity contribution is 0.690. The molecule has 0 saturated carbocycles. The maximum Gasteiger partial charge on any atom is 0.328 e. The molecule has 1 aromatic heterocycles. The summed E-state index contributed by atoms with van der Waals surface area (Å²) in [5, 5.41) is 0. The number of nitrogens with zero attached hydrogens (tertiary/aromatic N) is 2. The van der Waals surface area contributed by atoms with Crippen LogP contribution in [-0.4, -0.2) is 9.13 Å². The van der Waals surface area contributed by atoms with E-state index in [0.717, 1.165) is 5.56 Å². The summed E-state index contributed by atoms with van der Waals surface area (Å²) >= 11 is 4.99. The third-order valence-electron chi connectivity index (χ3n) is 1.62. The van der Waals surface area contributed by atoms with E-state index in [1.807, 2.05) is 6.92 Å². The Hall–Kier alpha value is -0.900. The molecule has 0 atom stereocenters. The number of hydrogen-bond acceptors (Lipinski definition) is 2. The Morgan fingerprint density at radius 2 is 2.00 bits per heavy atom. The zero-order valence-electron chi connectivity index (χ0n) is 6.79. The van der Waals surface area contributed by atoms with Gasteiger partial charge in [0, 0.05) is 25.9 Å². The Morgan fingerprint density at radius 1 is 1.45 bits per heavy atom. The minimum Gasteiger partial charge on any atom is -0.303 e. The Labute approximate surface area is 69.9 Å². The second-order valence-corrected chi connectivity index (χ2v) is 2.96. The molecule has 0 saturated heterocycles. The van der Waals surface area contributed by atoms with Gasteiger partial charge in [-0.1, -0.05) is 12.2 Å². The SMILES string of the molecule is Cc1cn(C)c(=O)n(C)c1=S. The van der Waals surface area contributed by atoms with E-state index in [-0.39, 0.29) is 5.69 Å². The van der Waals surface area contributed by atoms with Crippen LogP contribution >= 0.6 is 12.2 Å². The van der Waals surface area contributed by atoms with Gasteiger partial charge in [0.1, 0.15) is 4.64 Å². The quantitative estimate of drug-likeness (QED) is 0.537. The molecule has 0 fully saturated rings. The van der Waals surface area contributed by atoms with Gasteiger partial charge in [0.25, 0.3) is 0 Å². The molecule has 0 bridgehead atoms. The van der Waals surface area contributed by atoms with E-state index in [4.69, 9.17) is 12.2 Å². The summed E-state index contributed by atoms with van der Waals surface area (Å²) in [5.74, 6) is 0. The van der Waals surface area contributed by atoms with Crippen LogP contribution in [0.1, 0.15) is 5.56 Å². The van der Waals surface area contributed by atoms with E-state index < -0.39 is 0 Å². The van der Waals surface area contributed by atoms with Crippen molar-refractivity contribution in [2.45, 2.75) is 6.92 Å².